The first-order chi connectivity index (χ1) is 11.3. The molecule has 0 bridgehead atoms. The molecule has 9 heteroatoms. The zero-order chi connectivity index (χ0) is 17.3. The van der Waals surface area contributed by atoms with Crippen LogP contribution in [0, 0.1) is 0 Å². The summed E-state index contributed by atoms with van der Waals surface area (Å²) in [5.74, 6) is 0.943. The summed E-state index contributed by atoms with van der Waals surface area (Å²) >= 11 is 3.27. The smallest absolute Gasteiger partial charge is 0.433 e. The molecule has 0 amide bonds. The molecule has 24 heavy (non-hydrogen) atoms. The maximum absolute atomic E-state index is 12.8. The highest BCUT2D eigenvalue weighted by Crippen LogP contribution is 2.29. The molecule has 0 saturated carbocycles. The Labute approximate surface area is 145 Å². The molecule has 2 aromatic heterocycles. The SMILES string of the molecule is CN(c1nccc(C(F)(F)F)n1)C1CCN(Cc2ccc(Br)o2)C1. The van der Waals surface area contributed by atoms with Gasteiger partial charge in [-0.3, -0.25) is 4.90 Å². The van der Waals surface area contributed by atoms with Crippen LogP contribution in [-0.2, 0) is 12.7 Å². The molecule has 3 rings (SSSR count). The summed E-state index contributed by atoms with van der Waals surface area (Å²) in [5, 5.41) is 0. The first-order valence-electron chi connectivity index (χ1n) is 7.42. The zero-order valence-electron chi connectivity index (χ0n) is 12.9. The van der Waals surface area contributed by atoms with E-state index in [2.05, 4.69) is 30.8 Å². The van der Waals surface area contributed by atoms with Gasteiger partial charge in [-0.2, -0.15) is 13.2 Å². The van der Waals surface area contributed by atoms with E-state index in [-0.39, 0.29) is 12.0 Å². The Balaban J connectivity index is 1.65. The van der Waals surface area contributed by atoms with Crippen molar-refractivity contribution in [2.45, 2.75) is 25.2 Å². The number of nitrogens with zero attached hydrogens (tertiary/aromatic N) is 4. The summed E-state index contributed by atoms with van der Waals surface area (Å²) in [5.41, 5.74) is -0.922. The number of likely N-dealkylation sites (N-methyl/N-ethyl adjacent to an activating group) is 1. The molecule has 0 N–H and O–H groups in total. The third-order valence-electron chi connectivity index (χ3n) is 4.05. The minimum atomic E-state index is -4.47. The van der Waals surface area contributed by atoms with Gasteiger partial charge in [-0.15, -0.1) is 0 Å². The molecule has 5 nitrogen and oxygen atoms in total. The monoisotopic (exact) mass is 404 g/mol. The van der Waals surface area contributed by atoms with Crippen LogP contribution in [-0.4, -0.2) is 41.0 Å². The lowest BCUT2D eigenvalue weighted by atomic mass is 10.2. The molecule has 0 aromatic carbocycles. The van der Waals surface area contributed by atoms with Gasteiger partial charge in [-0.25, -0.2) is 9.97 Å². The van der Waals surface area contributed by atoms with E-state index in [1.165, 1.54) is 0 Å². The number of furan rings is 1. The fourth-order valence-corrected chi connectivity index (χ4v) is 3.11. The standard InChI is InChI=1S/C15H16BrF3N4O/c1-22(14-20-6-4-12(21-14)15(17,18)19)10-5-7-23(8-10)9-11-2-3-13(16)24-11/h2-4,6,10H,5,7-9H2,1H3. The number of halogens is 4. The largest absolute Gasteiger partial charge is 0.453 e. The van der Waals surface area contributed by atoms with E-state index in [4.69, 9.17) is 4.42 Å². The van der Waals surface area contributed by atoms with Crippen LogP contribution in [0.25, 0.3) is 0 Å². The van der Waals surface area contributed by atoms with Crippen LogP contribution in [0.3, 0.4) is 0 Å². The lowest BCUT2D eigenvalue weighted by Crippen LogP contribution is -2.35. The predicted octanol–water partition coefficient (Wildman–Crippen LogP) is 3.56. The van der Waals surface area contributed by atoms with E-state index >= 15 is 0 Å². The third kappa shape index (κ3) is 3.89. The average Bonchev–Trinajstić information content (AvgIpc) is 3.15. The Kier molecular flexibility index (Phi) is 4.82. The Morgan fingerprint density at radius 1 is 1.38 bits per heavy atom. The van der Waals surface area contributed by atoms with Crippen LogP contribution in [0.15, 0.2) is 33.5 Å². The quantitative estimate of drug-likeness (QED) is 0.779. The number of likely N-dealkylation sites (tertiary alicyclic amines) is 1. The van der Waals surface area contributed by atoms with Gasteiger partial charge in [0.25, 0.3) is 0 Å². The number of anilines is 1. The molecule has 1 saturated heterocycles. The van der Waals surface area contributed by atoms with Gasteiger partial charge in [0.15, 0.2) is 4.67 Å². The number of hydrogen-bond donors (Lipinski definition) is 0. The van der Waals surface area contributed by atoms with Crippen LogP contribution in [0.2, 0.25) is 0 Å². The van der Waals surface area contributed by atoms with Crippen LogP contribution in [0.4, 0.5) is 19.1 Å². The van der Waals surface area contributed by atoms with E-state index in [9.17, 15) is 13.2 Å². The average molecular weight is 405 g/mol. The van der Waals surface area contributed by atoms with E-state index in [0.29, 0.717) is 17.8 Å². The van der Waals surface area contributed by atoms with Gasteiger partial charge in [0, 0.05) is 32.4 Å². The molecule has 0 aliphatic carbocycles. The Morgan fingerprint density at radius 3 is 2.83 bits per heavy atom. The fraction of sp³-hybridized carbons (Fsp3) is 0.467. The highest BCUT2D eigenvalue weighted by atomic mass is 79.9. The molecule has 0 radical (unpaired) electrons. The van der Waals surface area contributed by atoms with Gasteiger partial charge in [0.1, 0.15) is 11.5 Å². The molecular weight excluding hydrogens is 389 g/mol. The lowest BCUT2D eigenvalue weighted by molar-refractivity contribution is -0.141. The minimum Gasteiger partial charge on any atom is -0.453 e. The summed E-state index contributed by atoms with van der Waals surface area (Å²) in [6.45, 7) is 2.22. The second-order valence-corrected chi connectivity index (χ2v) is 6.52. The Morgan fingerprint density at radius 2 is 2.17 bits per heavy atom. The van der Waals surface area contributed by atoms with E-state index in [1.807, 2.05) is 12.1 Å². The zero-order valence-corrected chi connectivity index (χ0v) is 14.5. The fourth-order valence-electron chi connectivity index (χ4n) is 2.77. The molecule has 0 spiro atoms. The first-order valence-corrected chi connectivity index (χ1v) is 8.22. The summed E-state index contributed by atoms with van der Waals surface area (Å²) in [7, 11) is 1.73. The van der Waals surface area contributed by atoms with Crippen molar-refractivity contribution >= 4 is 21.9 Å². The van der Waals surface area contributed by atoms with Crippen molar-refractivity contribution in [1.29, 1.82) is 0 Å². The molecule has 3 heterocycles. The molecule has 130 valence electrons. The van der Waals surface area contributed by atoms with Gasteiger partial charge < -0.3 is 9.32 Å². The van der Waals surface area contributed by atoms with Crippen molar-refractivity contribution in [2.75, 3.05) is 25.0 Å². The third-order valence-corrected chi connectivity index (χ3v) is 4.48. The number of rotatable bonds is 4. The highest BCUT2D eigenvalue weighted by Gasteiger charge is 2.34. The molecule has 1 atom stereocenters. The van der Waals surface area contributed by atoms with Gasteiger partial charge >= 0.3 is 6.18 Å². The summed E-state index contributed by atoms with van der Waals surface area (Å²) in [4.78, 5) is 11.5. The van der Waals surface area contributed by atoms with Crippen molar-refractivity contribution in [2.24, 2.45) is 0 Å². The maximum atomic E-state index is 12.8. The highest BCUT2D eigenvalue weighted by molar-refractivity contribution is 9.10. The second kappa shape index (κ2) is 6.72. The molecule has 1 fully saturated rings. The predicted molar refractivity (Wildman–Crippen MR) is 85.5 cm³/mol. The minimum absolute atomic E-state index is 0.0619. The molecular formula is C15H16BrF3N4O. The molecule has 2 aromatic rings. The number of hydrogen-bond acceptors (Lipinski definition) is 5. The van der Waals surface area contributed by atoms with Crippen LogP contribution in [0.5, 0.6) is 0 Å². The van der Waals surface area contributed by atoms with E-state index in [0.717, 1.165) is 31.0 Å². The van der Waals surface area contributed by atoms with Crippen LogP contribution < -0.4 is 4.90 Å². The van der Waals surface area contributed by atoms with Crippen LogP contribution in [0.1, 0.15) is 17.9 Å². The van der Waals surface area contributed by atoms with Crippen molar-refractivity contribution in [3.8, 4) is 0 Å². The van der Waals surface area contributed by atoms with Crippen molar-refractivity contribution in [1.82, 2.24) is 14.9 Å². The van der Waals surface area contributed by atoms with Crippen molar-refractivity contribution in [3.63, 3.8) is 0 Å². The normalized spacial score (nSPS) is 19.0. The maximum Gasteiger partial charge on any atom is 0.433 e. The van der Waals surface area contributed by atoms with Gasteiger partial charge in [0.2, 0.25) is 5.95 Å². The van der Waals surface area contributed by atoms with Crippen molar-refractivity contribution < 1.29 is 17.6 Å². The van der Waals surface area contributed by atoms with Crippen LogP contribution >= 0.6 is 15.9 Å². The van der Waals surface area contributed by atoms with E-state index < -0.39 is 11.9 Å². The van der Waals surface area contributed by atoms with E-state index in [1.54, 1.807) is 11.9 Å². The summed E-state index contributed by atoms with van der Waals surface area (Å²) in [6.07, 6.45) is -2.49. The number of aromatic nitrogens is 2. The van der Waals surface area contributed by atoms with Gasteiger partial charge in [-0.05, 0) is 40.5 Å². The number of alkyl halides is 3. The van der Waals surface area contributed by atoms with Crippen molar-refractivity contribution in [3.05, 3.63) is 40.5 Å². The molecule has 1 aliphatic heterocycles. The topological polar surface area (TPSA) is 45.4 Å². The summed E-state index contributed by atoms with van der Waals surface area (Å²) in [6, 6.07) is 4.68. The Bertz CT molecular complexity index is 706. The second-order valence-electron chi connectivity index (χ2n) is 5.73. The molecule has 1 aliphatic rings. The lowest BCUT2D eigenvalue weighted by Gasteiger charge is -2.25. The molecule has 1 unspecified atom stereocenters. The van der Waals surface area contributed by atoms with Gasteiger partial charge in [0.05, 0.1) is 6.54 Å². The van der Waals surface area contributed by atoms with Gasteiger partial charge in [-0.1, -0.05) is 0 Å². The Hall–Kier alpha value is -1.61. The summed E-state index contributed by atoms with van der Waals surface area (Å²) < 4.78 is 44.5. The first kappa shape index (κ1) is 17.2.